The molecule has 0 unspecified atom stereocenters. The van der Waals surface area contributed by atoms with E-state index < -0.39 is 0 Å². The fraction of sp³-hybridized carbons (Fsp3) is 0.500. The Morgan fingerprint density at radius 3 is 2.67 bits per heavy atom. The van der Waals surface area contributed by atoms with Gasteiger partial charge in [0.05, 0.1) is 0 Å². The van der Waals surface area contributed by atoms with Crippen molar-refractivity contribution in [3.05, 3.63) is 33.8 Å². The SMILES string of the molecule is Cc1ccc(Br)cc1C(C)(C)CNCS. The van der Waals surface area contributed by atoms with E-state index in [2.05, 4.69) is 72.8 Å². The molecule has 0 aliphatic carbocycles. The third kappa shape index (κ3) is 3.51. The number of rotatable bonds is 4. The highest BCUT2D eigenvalue weighted by Crippen LogP contribution is 2.28. The fourth-order valence-electron chi connectivity index (χ4n) is 1.79. The molecule has 1 rings (SSSR count). The second-order valence-corrected chi connectivity index (χ2v) is 5.66. The highest BCUT2D eigenvalue weighted by Gasteiger charge is 2.21. The van der Waals surface area contributed by atoms with Crippen LogP contribution in [0, 0.1) is 6.92 Å². The molecule has 0 radical (unpaired) electrons. The molecule has 1 nitrogen and oxygen atoms in total. The Balaban J connectivity index is 2.97. The van der Waals surface area contributed by atoms with Crippen molar-refractivity contribution in [3.8, 4) is 0 Å². The molecule has 15 heavy (non-hydrogen) atoms. The minimum atomic E-state index is 0.136. The smallest absolute Gasteiger partial charge is 0.0387 e. The van der Waals surface area contributed by atoms with Crippen LogP contribution in [0.3, 0.4) is 0 Å². The third-order valence-electron chi connectivity index (χ3n) is 2.61. The van der Waals surface area contributed by atoms with Crippen LogP contribution in [0.2, 0.25) is 0 Å². The van der Waals surface area contributed by atoms with E-state index in [9.17, 15) is 0 Å². The molecule has 1 N–H and O–H groups in total. The Hall–Kier alpha value is 0.01000. The summed E-state index contributed by atoms with van der Waals surface area (Å²) in [6.45, 7) is 7.59. The number of aryl methyl sites for hydroxylation is 1. The summed E-state index contributed by atoms with van der Waals surface area (Å²) in [6.07, 6.45) is 0. The van der Waals surface area contributed by atoms with Crippen LogP contribution in [0.5, 0.6) is 0 Å². The molecule has 0 aliphatic rings. The lowest BCUT2D eigenvalue weighted by atomic mass is 9.82. The maximum absolute atomic E-state index is 4.17. The Morgan fingerprint density at radius 2 is 2.07 bits per heavy atom. The molecule has 0 heterocycles. The summed E-state index contributed by atoms with van der Waals surface area (Å²) in [5.41, 5.74) is 2.85. The molecule has 0 aliphatic heterocycles. The van der Waals surface area contributed by atoms with Gasteiger partial charge in [0, 0.05) is 22.3 Å². The normalized spacial score (nSPS) is 11.8. The monoisotopic (exact) mass is 287 g/mol. The molecule has 1 aromatic rings. The summed E-state index contributed by atoms with van der Waals surface area (Å²) in [5, 5.41) is 3.28. The molecular weight excluding hydrogens is 270 g/mol. The van der Waals surface area contributed by atoms with Gasteiger partial charge in [-0.2, -0.15) is 12.6 Å². The minimum Gasteiger partial charge on any atom is -0.307 e. The van der Waals surface area contributed by atoms with Gasteiger partial charge in [0.25, 0.3) is 0 Å². The number of hydrogen-bond donors (Lipinski definition) is 2. The molecule has 0 saturated carbocycles. The lowest BCUT2D eigenvalue weighted by Gasteiger charge is -2.27. The van der Waals surface area contributed by atoms with Crippen LogP contribution in [-0.4, -0.2) is 12.4 Å². The van der Waals surface area contributed by atoms with Crippen LogP contribution in [0.1, 0.15) is 25.0 Å². The van der Waals surface area contributed by atoms with Crippen molar-refractivity contribution in [1.82, 2.24) is 5.32 Å². The van der Waals surface area contributed by atoms with E-state index in [4.69, 9.17) is 0 Å². The van der Waals surface area contributed by atoms with Crippen LogP contribution >= 0.6 is 28.6 Å². The highest BCUT2D eigenvalue weighted by atomic mass is 79.9. The maximum atomic E-state index is 4.17. The van der Waals surface area contributed by atoms with E-state index in [1.807, 2.05) is 0 Å². The van der Waals surface area contributed by atoms with Gasteiger partial charge in [0.1, 0.15) is 0 Å². The van der Waals surface area contributed by atoms with Gasteiger partial charge < -0.3 is 5.32 Å². The van der Waals surface area contributed by atoms with Crippen LogP contribution in [0.4, 0.5) is 0 Å². The van der Waals surface area contributed by atoms with Gasteiger partial charge in [0.2, 0.25) is 0 Å². The molecule has 0 atom stereocenters. The first-order chi connectivity index (χ1) is 6.97. The van der Waals surface area contributed by atoms with Gasteiger partial charge in [-0.05, 0) is 30.2 Å². The minimum absolute atomic E-state index is 0.136. The van der Waals surface area contributed by atoms with Crippen molar-refractivity contribution >= 4 is 28.6 Å². The summed E-state index contributed by atoms with van der Waals surface area (Å²) < 4.78 is 1.14. The Labute approximate surface area is 106 Å². The largest absolute Gasteiger partial charge is 0.307 e. The highest BCUT2D eigenvalue weighted by molar-refractivity contribution is 9.10. The number of benzene rings is 1. The molecule has 0 spiro atoms. The number of thiol groups is 1. The van der Waals surface area contributed by atoms with Crippen LogP contribution in [0.25, 0.3) is 0 Å². The number of halogens is 1. The van der Waals surface area contributed by atoms with Crippen molar-refractivity contribution in [2.45, 2.75) is 26.2 Å². The van der Waals surface area contributed by atoms with Crippen molar-refractivity contribution in [2.75, 3.05) is 12.4 Å². The van der Waals surface area contributed by atoms with Gasteiger partial charge in [-0.3, -0.25) is 0 Å². The van der Waals surface area contributed by atoms with Crippen LogP contribution < -0.4 is 5.32 Å². The van der Waals surface area contributed by atoms with Crippen molar-refractivity contribution < 1.29 is 0 Å². The maximum Gasteiger partial charge on any atom is 0.0387 e. The van der Waals surface area contributed by atoms with E-state index in [1.165, 1.54) is 11.1 Å². The van der Waals surface area contributed by atoms with Crippen molar-refractivity contribution in [2.24, 2.45) is 0 Å². The molecule has 3 heteroatoms. The summed E-state index contributed by atoms with van der Waals surface area (Å²) in [6, 6.07) is 6.44. The molecule has 0 bridgehead atoms. The molecule has 84 valence electrons. The molecular formula is C12H18BrNS. The zero-order valence-electron chi connectivity index (χ0n) is 9.47. The van der Waals surface area contributed by atoms with Gasteiger partial charge in [0.15, 0.2) is 0 Å². The summed E-state index contributed by atoms with van der Waals surface area (Å²) >= 11 is 7.69. The van der Waals surface area contributed by atoms with E-state index >= 15 is 0 Å². The van der Waals surface area contributed by atoms with E-state index in [0.29, 0.717) is 0 Å². The predicted octanol–water partition coefficient (Wildman–Crippen LogP) is 3.51. The molecule has 1 aromatic carbocycles. The van der Waals surface area contributed by atoms with Crippen LogP contribution in [-0.2, 0) is 5.41 Å². The van der Waals surface area contributed by atoms with E-state index in [1.54, 1.807) is 0 Å². The van der Waals surface area contributed by atoms with E-state index in [0.717, 1.165) is 16.9 Å². The third-order valence-corrected chi connectivity index (χ3v) is 3.32. The lowest BCUT2D eigenvalue weighted by molar-refractivity contribution is 0.488. The summed E-state index contributed by atoms with van der Waals surface area (Å²) in [5.74, 6) is 0.719. The average Bonchev–Trinajstić information content (AvgIpc) is 2.18. The van der Waals surface area contributed by atoms with Gasteiger partial charge in [-0.25, -0.2) is 0 Å². The quantitative estimate of drug-likeness (QED) is 0.638. The van der Waals surface area contributed by atoms with Gasteiger partial charge in [-0.15, -0.1) is 0 Å². The Morgan fingerprint density at radius 1 is 1.40 bits per heavy atom. The number of nitrogens with one attached hydrogen (secondary N) is 1. The number of hydrogen-bond acceptors (Lipinski definition) is 2. The molecule has 0 amide bonds. The van der Waals surface area contributed by atoms with Gasteiger partial charge >= 0.3 is 0 Å². The Bertz CT molecular complexity index is 336. The first-order valence-corrected chi connectivity index (χ1v) is 6.48. The molecule has 0 fully saturated rings. The summed E-state index contributed by atoms with van der Waals surface area (Å²) in [4.78, 5) is 0. The van der Waals surface area contributed by atoms with Crippen LogP contribution in [0.15, 0.2) is 22.7 Å². The first-order valence-electron chi connectivity index (χ1n) is 5.05. The van der Waals surface area contributed by atoms with Crippen molar-refractivity contribution in [1.29, 1.82) is 0 Å². The lowest BCUT2D eigenvalue weighted by Crippen LogP contribution is -2.33. The molecule has 0 saturated heterocycles. The first kappa shape index (κ1) is 13.1. The summed E-state index contributed by atoms with van der Waals surface area (Å²) in [7, 11) is 0. The van der Waals surface area contributed by atoms with E-state index in [-0.39, 0.29) is 5.41 Å². The second-order valence-electron chi connectivity index (χ2n) is 4.43. The zero-order valence-corrected chi connectivity index (χ0v) is 12.0. The zero-order chi connectivity index (χ0) is 11.5. The fourth-order valence-corrected chi connectivity index (χ4v) is 2.26. The second kappa shape index (κ2) is 5.37. The van der Waals surface area contributed by atoms with Gasteiger partial charge in [-0.1, -0.05) is 35.8 Å². The Kier molecular flexibility index (Phi) is 4.68. The average molecular weight is 288 g/mol. The van der Waals surface area contributed by atoms with Crippen molar-refractivity contribution in [3.63, 3.8) is 0 Å². The standard InChI is InChI=1S/C12H18BrNS/c1-9-4-5-10(13)6-11(9)12(2,3)7-14-8-15/h4-6,14-15H,7-8H2,1-3H3. The predicted molar refractivity (Wildman–Crippen MR) is 73.8 cm³/mol. The topological polar surface area (TPSA) is 12.0 Å². The molecule has 0 aromatic heterocycles.